The summed E-state index contributed by atoms with van der Waals surface area (Å²) in [5.74, 6) is -0.370. The number of hydrogen-bond acceptors (Lipinski definition) is 11. The molecule has 3 fully saturated rings. The lowest BCUT2D eigenvalue weighted by Crippen LogP contribution is -2.61. The fraction of sp³-hybridized carbons (Fsp3) is 0.378. The lowest BCUT2D eigenvalue weighted by atomic mass is 9.57. The third-order valence-corrected chi connectivity index (χ3v) is 13.3. The zero-order chi connectivity index (χ0) is 40.3. The quantitative estimate of drug-likeness (QED) is 0.128. The van der Waals surface area contributed by atoms with Gasteiger partial charge in [-0.15, -0.1) is 21.5 Å². The minimum atomic E-state index is -0.798. The molecule has 6 aromatic rings. The van der Waals surface area contributed by atoms with Gasteiger partial charge in [0, 0.05) is 60.1 Å². The van der Waals surface area contributed by atoms with Crippen LogP contribution in [-0.4, -0.2) is 79.0 Å². The minimum absolute atomic E-state index is 0.0858. The van der Waals surface area contributed by atoms with Gasteiger partial charge in [0.1, 0.15) is 23.5 Å². The van der Waals surface area contributed by atoms with Crippen molar-refractivity contribution in [1.29, 1.82) is 0 Å². The molecule has 9 rings (SSSR count). The van der Waals surface area contributed by atoms with E-state index in [1.54, 1.807) is 23.5 Å². The van der Waals surface area contributed by atoms with E-state index in [0.717, 1.165) is 69.9 Å². The van der Waals surface area contributed by atoms with Crippen molar-refractivity contribution in [1.82, 2.24) is 30.6 Å². The summed E-state index contributed by atoms with van der Waals surface area (Å²) in [6.45, 7) is 9.82. The molecule has 3 aromatic heterocycles. The van der Waals surface area contributed by atoms with E-state index in [0.29, 0.717) is 17.0 Å². The van der Waals surface area contributed by atoms with Crippen molar-refractivity contribution >= 4 is 39.7 Å². The number of anilines is 1. The molecule has 5 heterocycles. The van der Waals surface area contributed by atoms with Crippen LogP contribution in [0.5, 0.6) is 5.75 Å². The van der Waals surface area contributed by atoms with Crippen molar-refractivity contribution in [3.05, 3.63) is 107 Å². The molecule has 3 aliphatic rings. The van der Waals surface area contributed by atoms with Gasteiger partial charge in [-0.2, -0.15) is 0 Å². The number of nitrogens with one attached hydrogen (secondary N) is 1. The lowest BCUT2D eigenvalue weighted by molar-refractivity contribution is -0.141. The smallest absolute Gasteiger partial charge is 0.243 e. The van der Waals surface area contributed by atoms with Crippen LogP contribution in [0.15, 0.2) is 88.9 Å². The van der Waals surface area contributed by atoms with Crippen molar-refractivity contribution in [3.8, 4) is 27.4 Å². The zero-order valence-electron chi connectivity index (χ0n) is 33.0. The normalized spacial score (nSPS) is 20.0. The molecule has 2 saturated heterocycles. The molecule has 1 unspecified atom stereocenters. The number of hydrogen-bond donors (Lipinski definition) is 3. The van der Waals surface area contributed by atoms with E-state index in [9.17, 15) is 19.8 Å². The van der Waals surface area contributed by atoms with Gasteiger partial charge in [-0.3, -0.25) is 9.59 Å². The Labute approximate surface area is 340 Å². The Hall–Kier alpha value is -5.66. The molecule has 3 N–H and O–H groups in total. The van der Waals surface area contributed by atoms with Gasteiger partial charge in [-0.05, 0) is 80.1 Å². The van der Waals surface area contributed by atoms with E-state index in [-0.39, 0.29) is 53.8 Å². The van der Waals surface area contributed by atoms with Crippen LogP contribution < -0.4 is 10.2 Å². The van der Waals surface area contributed by atoms with E-state index in [4.69, 9.17) is 4.52 Å². The first-order chi connectivity index (χ1) is 27.9. The number of aromatic hydroxyl groups is 1. The van der Waals surface area contributed by atoms with Crippen LogP contribution in [0.25, 0.3) is 32.6 Å². The number of fused-ring (bicyclic) bond motifs is 1. The molecule has 13 heteroatoms. The maximum absolute atomic E-state index is 14.3. The molecule has 4 atom stereocenters. The standard InChI is InChI=1S/C45H47N7O5S/c1-25(2)41(44(56)52-21-33(53)17-38(52)43(55)47-26(3)28-9-11-29(12-10-28)42-27(4)46-24-58-42)40-18-36(50-57-40)31-19-45(20-31)22-51(23-45)32-13-14-35-30(15-32)16-37(49-48-35)34-7-5-6-8-39(34)54/h5-16,18,24-26,31,33,38,41,53-54H,17,19-23H2,1-4H3,(H,47,55)/t26-,33+,38-,41?/m0/s1. The number of β-amino-alcohol motifs (C(OH)–C–C–N with tert-alkyl or cyclic N) is 1. The van der Waals surface area contributed by atoms with Gasteiger partial charge in [0.15, 0.2) is 0 Å². The van der Waals surface area contributed by atoms with Gasteiger partial charge in [0.25, 0.3) is 0 Å². The highest BCUT2D eigenvalue weighted by atomic mass is 32.1. The summed E-state index contributed by atoms with van der Waals surface area (Å²) in [4.78, 5) is 37.4. The van der Waals surface area contributed by atoms with E-state index in [1.807, 2.05) is 87.8 Å². The molecule has 0 bridgehead atoms. The third kappa shape index (κ3) is 7.00. The van der Waals surface area contributed by atoms with Gasteiger partial charge < -0.3 is 29.9 Å². The molecule has 1 saturated carbocycles. The number of aromatic nitrogens is 4. The number of para-hydroxylation sites is 1. The second kappa shape index (κ2) is 14.9. The highest BCUT2D eigenvalue weighted by Gasteiger charge is 2.54. The van der Waals surface area contributed by atoms with Crippen molar-refractivity contribution < 1.29 is 24.3 Å². The van der Waals surface area contributed by atoms with E-state index in [2.05, 4.69) is 42.7 Å². The largest absolute Gasteiger partial charge is 0.507 e. The number of carbonyl (C=O) groups excluding carboxylic acids is 2. The van der Waals surface area contributed by atoms with Gasteiger partial charge in [0.05, 0.1) is 45.1 Å². The Balaban J connectivity index is 0.825. The van der Waals surface area contributed by atoms with Crippen LogP contribution >= 0.6 is 11.3 Å². The second-order valence-corrected chi connectivity index (χ2v) is 17.7. The number of thiazole rings is 1. The highest BCUT2D eigenvalue weighted by molar-refractivity contribution is 7.13. The first-order valence-electron chi connectivity index (χ1n) is 20.0. The summed E-state index contributed by atoms with van der Waals surface area (Å²) in [6, 6.07) is 24.3. The molecule has 2 amide bonds. The molecule has 298 valence electrons. The average molecular weight is 798 g/mol. The number of aliphatic hydroxyl groups excluding tert-OH is 1. The summed E-state index contributed by atoms with van der Waals surface area (Å²) in [5.41, 5.74) is 9.13. The Kier molecular flexibility index (Phi) is 9.76. The lowest BCUT2D eigenvalue weighted by Gasteiger charge is -2.59. The molecular formula is C45H47N7O5S. The number of aryl methyl sites for hydroxylation is 1. The SMILES string of the molecule is Cc1ncsc1-c1ccc([C@H](C)NC(=O)[C@@H]2C[C@@H](O)CN2C(=O)C(c2cc(C3CC4(C3)CN(c3ccc5nnc(-c6ccccc6O)cc5c3)C4)no2)C(C)C)cc1. The first-order valence-corrected chi connectivity index (χ1v) is 20.9. The Morgan fingerprint density at radius 1 is 0.983 bits per heavy atom. The predicted octanol–water partition coefficient (Wildman–Crippen LogP) is 7.39. The second-order valence-electron chi connectivity index (χ2n) is 16.8. The number of rotatable bonds is 10. The number of amides is 2. The number of phenolic OH excluding ortho intramolecular Hbond substituents is 1. The van der Waals surface area contributed by atoms with Crippen LogP contribution in [0, 0.1) is 18.3 Å². The molecular weight excluding hydrogens is 751 g/mol. The summed E-state index contributed by atoms with van der Waals surface area (Å²) >= 11 is 1.60. The Bertz CT molecular complexity index is 2480. The molecule has 2 aliphatic heterocycles. The Morgan fingerprint density at radius 2 is 1.76 bits per heavy atom. The Morgan fingerprint density at radius 3 is 2.48 bits per heavy atom. The van der Waals surface area contributed by atoms with E-state index >= 15 is 0 Å². The molecule has 12 nitrogen and oxygen atoms in total. The number of nitrogens with zero attached hydrogens (tertiary/aromatic N) is 6. The van der Waals surface area contributed by atoms with Crippen LogP contribution in [0.4, 0.5) is 5.69 Å². The number of aliphatic hydroxyl groups is 1. The van der Waals surface area contributed by atoms with Gasteiger partial charge in [-0.25, -0.2) is 4.98 Å². The summed E-state index contributed by atoms with van der Waals surface area (Å²) in [5, 5.41) is 38.3. The fourth-order valence-electron chi connectivity index (χ4n) is 9.21. The molecule has 1 aliphatic carbocycles. The zero-order valence-corrected chi connectivity index (χ0v) is 33.8. The van der Waals surface area contributed by atoms with Crippen molar-refractivity contribution in [2.45, 2.75) is 77.0 Å². The third-order valence-electron chi connectivity index (χ3n) is 12.4. The van der Waals surface area contributed by atoms with E-state index in [1.165, 1.54) is 4.90 Å². The van der Waals surface area contributed by atoms with Crippen LogP contribution in [0.2, 0.25) is 0 Å². The summed E-state index contributed by atoms with van der Waals surface area (Å²) in [7, 11) is 0. The van der Waals surface area contributed by atoms with Gasteiger partial charge in [-0.1, -0.05) is 55.4 Å². The predicted molar refractivity (Wildman–Crippen MR) is 222 cm³/mol. The van der Waals surface area contributed by atoms with Crippen molar-refractivity contribution in [2.75, 3.05) is 24.5 Å². The van der Waals surface area contributed by atoms with Crippen molar-refractivity contribution in [3.63, 3.8) is 0 Å². The van der Waals surface area contributed by atoms with E-state index < -0.39 is 18.1 Å². The minimum Gasteiger partial charge on any atom is -0.507 e. The van der Waals surface area contributed by atoms with Crippen LogP contribution in [-0.2, 0) is 9.59 Å². The molecule has 58 heavy (non-hydrogen) atoms. The number of likely N-dealkylation sites (tertiary alicyclic amines) is 1. The highest BCUT2D eigenvalue weighted by Crippen LogP contribution is 2.57. The van der Waals surface area contributed by atoms with Gasteiger partial charge in [0.2, 0.25) is 11.8 Å². The van der Waals surface area contributed by atoms with Crippen LogP contribution in [0.1, 0.15) is 80.6 Å². The molecule has 1 spiro atoms. The maximum atomic E-state index is 14.3. The monoisotopic (exact) mass is 797 g/mol. The summed E-state index contributed by atoms with van der Waals surface area (Å²) < 4.78 is 5.91. The van der Waals surface area contributed by atoms with Crippen LogP contribution in [0.3, 0.4) is 0 Å². The number of carbonyl (C=O) groups is 2. The maximum Gasteiger partial charge on any atom is 0.243 e. The summed E-state index contributed by atoms with van der Waals surface area (Å²) in [6.07, 6.45) is 1.35. The van der Waals surface area contributed by atoms with Crippen molar-refractivity contribution in [2.24, 2.45) is 11.3 Å². The molecule has 0 radical (unpaired) electrons. The average Bonchev–Trinajstić information content (AvgIpc) is 3.94. The fourth-order valence-corrected chi connectivity index (χ4v) is 10.0. The number of phenols is 1. The topological polar surface area (TPSA) is 158 Å². The molecule has 3 aromatic carbocycles. The number of benzene rings is 3. The van der Waals surface area contributed by atoms with Gasteiger partial charge >= 0.3 is 0 Å². The first kappa shape index (κ1) is 37.9.